The fraction of sp³-hybridized carbons (Fsp3) is 0.0455. The van der Waals surface area contributed by atoms with Gasteiger partial charge in [0.2, 0.25) is 5.91 Å². The predicted molar refractivity (Wildman–Crippen MR) is 115 cm³/mol. The van der Waals surface area contributed by atoms with E-state index in [2.05, 4.69) is 21.2 Å². The van der Waals surface area contributed by atoms with Gasteiger partial charge in [0.1, 0.15) is 5.75 Å². The first-order valence-electron chi connectivity index (χ1n) is 8.60. The van der Waals surface area contributed by atoms with Crippen molar-refractivity contribution in [3.05, 3.63) is 93.4 Å². The van der Waals surface area contributed by atoms with Crippen LogP contribution in [0.2, 0.25) is 5.02 Å². The molecule has 3 rings (SSSR count). The maximum atomic E-state index is 13.1. The summed E-state index contributed by atoms with van der Waals surface area (Å²) in [6.45, 7) is 0. The number of nitrogens with one attached hydrogen (secondary N) is 1. The van der Waals surface area contributed by atoms with Crippen molar-refractivity contribution in [2.24, 2.45) is 0 Å². The van der Waals surface area contributed by atoms with Gasteiger partial charge in [0, 0.05) is 15.6 Å². The third-order valence-corrected chi connectivity index (χ3v) is 4.65. The summed E-state index contributed by atoms with van der Waals surface area (Å²) in [6, 6.07) is 16.4. The second-order valence-electron chi connectivity index (χ2n) is 6.14. The minimum absolute atomic E-state index is 0.0785. The summed E-state index contributed by atoms with van der Waals surface area (Å²) >= 11 is 9.19. The second kappa shape index (κ2) is 9.36. The molecule has 0 bridgehead atoms. The Bertz CT molecular complexity index is 1080. The van der Waals surface area contributed by atoms with Gasteiger partial charge in [-0.05, 0) is 66.2 Å². The smallest absolute Gasteiger partial charge is 0.416 e. The van der Waals surface area contributed by atoms with E-state index in [1.54, 1.807) is 48.5 Å². The minimum Gasteiger partial charge on any atom is -0.455 e. The molecule has 0 aromatic heterocycles. The maximum Gasteiger partial charge on any atom is 0.416 e. The van der Waals surface area contributed by atoms with Gasteiger partial charge in [0.15, 0.2) is 5.75 Å². The van der Waals surface area contributed by atoms with E-state index in [0.29, 0.717) is 16.3 Å². The van der Waals surface area contributed by atoms with E-state index < -0.39 is 17.6 Å². The van der Waals surface area contributed by atoms with Gasteiger partial charge in [-0.25, -0.2) is 0 Å². The van der Waals surface area contributed by atoms with E-state index >= 15 is 0 Å². The molecular weight excluding hydrogens is 483 g/mol. The van der Waals surface area contributed by atoms with E-state index in [1.165, 1.54) is 18.2 Å². The summed E-state index contributed by atoms with van der Waals surface area (Å²) in [7, 11) is 0. The number of carbonyl (C=O) groups excluding carboxylic acids is 1. The highest BCUT2D eigenvalue weighted by molar-refractivity contribution is 9.10. The van der Waals surface area contributed by atoms with Gasteiger partial charge in [-0.15, -0.1) is 0 Å². The molecule has 0 radical (unpaired) electrons. The number of amides is 1. The van der Waals surface area contributed by atoms with E-state index in [4.69, 9.17) is 16.3 Å². The number of anilines is 1. The molecule has 0 saturated carbocycles. The maximum absolute atomic E-state index is 13.1. The number of hydrogen-bond donors (Lipinski definition) is 1. The molecule has 154 valence electrons. The van der Waals surface area contributed by atoms with Crippen LogP contribution < -0.4 is 10.1 Å². The first-order valence-corrected chi connectivity index (χ1v) is 9.77. The molecule has 3 aromatic carbocycles. The van der Waals surface area contributed by atoms with Crippen LogP contribution in [0.5, 0.6) is 11.5 Å². The average Bonchev–Trinajstić information content (AvgIpc) is 2.69. The van der Waals surface area contributed by atoms with Crippen molar-refractivity contribution >= 4 is 45.2 Å². The monoisotopic (exact) mass is 495 g/mol. The fourth-order valence-corrected chi connectivity index (χ4v) is 2.94. The minimum atomic E-state index is -4.56. The summed E-state index contributed by atoms with van der Waals surface area (Å²) in [4.78, 5) is 12.3. The number of rotatable bonds is 5. The molecule has 0 unspecified atom stereocenters. The van der Waals surface area contributed by atoms with Crippen molar-refractivity contribution in [2.45, 2.75) is 6.18 Å². The fourth-order valence-electron chi connectivity index (χ4n) is 2.48. The first-order chi connectivity index (χ1) is 14.2. The zero-order valence-electron chi connectivity index (χ0n) is 15.2. The summed E-state index contributed by atoms with van der Waals surface area (Å²) < 4.78 is 45.9. The van der Waals surface area contributed by atoms with Gasteiger partial charge in [-0.3, -0.25) is 4.79 Å². The van der Waals surface area contributed by atoms with Crippen LogP contribution in [0, 0.1) is 0 Å². The summed E-state index contributed by atoms with van der Waals surface area (Å²) in [5.74, 6) is -0.132. The van der Waals surface area contributed by atoms with Crippen LogP contribution in [0.25, 0.3) is 6.08 Å². The zero-order chi connectivity index (χ0) is 21.7. The van der Waals surface area contributed by atoms with Crippen LogP contribution in [0.15, 0.2) is 77.3 Å². The molecule has 0 aliphatic heterocycles. The lowest BCUT2D eigenvalue weighted by Gasteiger charge is -2.14. The number of carbonyl (C=O) groups is 1. The Kier molecular flexibility index (Phi) is 6.84. The van der Waals surface area contributed by atoms with Crippen LogP contribution in [0.3, 0.4) is 0 Å². The number of ether oxygens (including phenoxy) is 1. The van der Waals surface area contributed by atoms with E-state index in [0.717, 1.165) is 16.6 Å². The summed E-state index contributed by atoms with van der Waals surface area (Å²) in [6.07, 6.45) is -1.86. The van der Waals surface area contributed by atoms with Crippen molar-refractivity contribution in [1.82, 2.24) is 0 Å². The quantitative estimate of drug-likeness (QED) is 0.370. The van der Waals surface area contributed by atoms with Gasteiger partial charge in [-0.2, -0.15) is 13.2 Å². The van der Waals surface area contributed by atoms with Gasteiger partial charge in [0.25, 0.3) is 0 Å². The molecule has 0 spiro atoms. The molecule has 0 heterocycles. The Morgan fingerprint density at radius 1 is 1.03 bits per heavy atom. The Morgan fingerprint density at radius 3 is 2.43 bits per heavy atom. The van der Waals surface area contributed by atoms with Crippen LogP contribution in [0.1, 0.15) is 11.1 Å². The molecule has 0 saturated heterocycles. The van der Waals surface area contributed by atoms with Crippen LogP contribution in [0.4, 0.5) is 18.9 Å². The largest absolute Gasteiger partial charge is 0.455 e. The van der Waals surface area contributed by atoms with Crippen molar-refractivity contribution in [3.8, 4) is 11.5 Å². The lowest BCUT2D eigenvalue weighted by molar-refractivity contribution is -0.137. The second-order valence-corrected chi connectivity index (χ2v) is 7.49. The van der Waals surface area contributed by atoms with Crippen LogP contribution in [-0.2, 0) is 11.0 Å². The SMILES string of the molecule is O=C(C=Cc1cccc(Cl)c1)Nc1cc(C(F)(F)F)ccc1Oc1ccc(Br)cc1. The van der Waals surface area contributed by atoms with Crippen molar-refractivity contribution in [3.63, 3.8) is 0 Å². The first kappa shape index (κ1) is 21.9. The Morgan fingerprint density at radius 2 is 1.77 bits per heavy atom. The third-order valence-electron chi connectivity index (χ3n) is 3.88. The van der Waals surface area contributed by atoms with E-state index in [-0.39, 0.29) is 11.4 Å². The lowest BCUT2D eigenvalue weighted by Crippen LogP contribution is -2.11. The highest BCUT2D eigenvalue weighted by Gasteiger charge is 2.31. The average molecular weight is 497 g/mol. The molecule has 0 atom stereocenters. The van der Waals surface area contributed by atoms with Gasteiger partial charge in [0.05, 0.1) is 11.3 Å². The summed E-state index contributed by atoms with van der Waals surface area (Å²) in [5, 5.41) is 2.95. The van der Waals surface area contributed by atoms with Crippen molar-refractivity contribution in [1.29, 1.82) is 0 Å². The molecule has 0 aliphatic carbocycles. The third kappa shape index (κ3) is 6.11. The standard InChI is InChI=1S/C22H14BrClF3NO2/c23-16-6-8-18(9-7-16)30-20-10-5-15(22(25,26)27)13-19(20)28-21(29)11-4-14-2-1-3-17(24)12-14/h1-13H,(H,28,29). The van der Waals surface area contributed by atoms with Gasteiger partial charge < -0.3 is 10.1 Å². The number of hydrogen-bond acceptors (Lipinski definition) is 2. The topological polar surface area (TPSA) is 38.3 Å². The Labute approximate surface area is 184 Å². The van der Waals surface area contributed by atoms with Gasteiger partial charge >= 0.3 is 6.18 Å². The molecule has 3 nitrogen and oxygen atoms in total. The summed E-state index contributed by atoms with van der Waals surface area (Å²) in [5.41, 5.74) is -0.332. The Balaban J connectivity index is 1.85. The normalized spacial score (nSPS) is 11.5. The highest BCUT2D eigenvalue weighted by atomic mass is 79.9. The molecule has 1 N–H and O–H groups in total. The Hall–Kier alpha value is -2.77. The van der Waals surface area contributed by atoms with Gasteiger partial charge in [-0.1, -0.05) is 39.7 Å². The zero-order valence-corrected chi connectivity index (χ0v) is 17.6. The predicted octanol–water partition coefficient (Wildman–Crippen LogP) is 7.57. The van der Waals surface area contributed by atoms with Crippen LogP contribution >= 0.6 is 27.5 Å². The lowest BCUT2D eigenvalue weighted by atomic mass is 10.1. The molecule has 3 aromatic rings. The molecule has 8 heteroatoms. The molecule has 30 heavy (non-hydrogen) atoms. The van der Waals surface area contributed by atoms with E-state index in [9.17, 15) is 18.0 Å². The molecule has 0 aliphatic rings. The van der Waals surface area contributed by atoms with Crippen molar-refractivity contribution < 1.29 is 22.7 Å². The van der Waals surface area contributed by atoms with E-state index in [1.807, 2.05) is 0 Å². The van der Waals surface area contributed by atoms with Crippen LogP contribution in [-0.4, -0.2) is 5.91 Å². The molecule has 1 amide bonds. The number of benzene rings is 3. The molecular formula is C22H14BrClF3NO2. The van der Waals surface area contributed by atoms with Crippen molar-refractivity contribution in [2.75, 3.05) is 5.32 Å². The highest BCUT2D eigenvalue weighted by Crippen LogP contribution is 2.37. The number of alkyl halides is 3. The molecule has 0 fully saturated rings. The number of halogens is 5.